The van der Waals surface area contributed by atoms with Crippen LogP contribution in [0.5, 0.6) is 0 Å². The van der Waals surface area contributed by atoms with Gasteiger partial charge in [0.25, 0.3) is 11.8 Å². The second-order valence-electron chi connectivity index (χ2n) is 4.07. The first-order chi connectivity index (χ1) is 9.63. The first kappa shape index (κ1) is 13.7. The number of aromatic amines is 1. The van der Waals surface area contributed by atoms with Crippen LogP contribution in [0.2, 0.25) is 0 Å². The predicted octanol–water partition coefficient (Wildman–Crippen LogP) is 0.979. The van der Waals surface area contributed by atoms with E-state index in [1.54, 1.807) is 31.3 Å². The van der Waals surface area contributed by atoms with Crippen LogP contribution in [0.25, 0.3) is 0 Å². The van der Waals surface area contributed by atoms with E-state index >= 15 is 0 Å². The number of rotatable bonds is 4. The summed E-state index contributed by atoms with van der Waals surface area (Å²) in [7, 11) is 1.55. The van der Waals surface area contributed by atoms with Crippen molar-refractivity contribution < 1.29 is 9.59 Å². The second kappa shape index (κ2) is 5.96. The average Bonchev–Trinajstić information content (AvgIpc) is 2.95. The lowest BCUT2D eigenvalue weighted by molar-refractivity contribution is 0.0961. The summed E-state index contributed by atoms with van der Waals surface area (Å²) in [5.41, 5.74) is 0.980. The zero-order chi connectivity index (χ0) is 14.5. The van der Waals surface area contributed by atoms with Crippen molar-refractivity contribution in [3.63, 3.8) is 0 Å². The molecule has 0 unspecified atom stereocenters. The van der Waals surface area contributed by atoms with Gasteiger partial charge in [-0.2, -0.15) is 0 Å². The molecule has 0 fully saturated rings. The van der Waals surface area contributed by atoms with E-state index in [1.807, 2.05) is 6.92 Å². The maximum atomic E-state index is 11.9. The number of carbonyl (C=O) groups excluding carboxylic acids is 2. The van der Waals surface area contributed by atoms with E-state index in [0.717, 1.165) is 0 Å². The van der Waals surface area contributed by atoms with Crippen LogP contribution in [0.4, 0.5) is 5.69 Å². The van der Waals surface area contributed by atoms with Crippen LogP contribution in [-0.4, -0.2) is 34.0 Å². The molecule has 1 heterocycles. The number of H-pyrrole nitrogens is 1. The van der Waals surface area contributed by atoms with Gasteiger partial charge >= 0.3 is 0 Å². The van der Waals surface area contributed by atoms with Crippen molar-refractivity contribution in [2.45, 2.75) is 13.3 Å². The standard InChI is InChI=1S/C13H15N5O2/c1-3-10-16-11(18-17-10)13(20)15-9-6-4-5-8(7-9)12(19)14-2/h4-7H,3H2,1-2H3,(H,14,19)(H,15,20)(H,16,17,18). The van der Waals surface area contributed by atoms with Crippen LogP contribution in [0.15, 0.2) is 24.3 Å². The van der Waals surface area contributed by atoms with Gasteiger partial charge in [-0.3, -0.25) is 14.7 Å². The maximum Gasteiger partial charge on any atom is 0.295 e. The van der Waals surface area contributed by atoms with E-state index in [0.29, 0.717) is 23.5 Å². The van der Waals surface area contributed by atoms with Gasteiger partial charge in [0.15, 0.2) is 0 Å². The molecule has 0 radical (unpaired) electrons. The molecule has 0 bridgehead atoms. The lowest BCUT2D eigenvalue weighted by Gasteiger charge is -2.05. The van der Waals surface area contributed by atoms with Gasteiger partial charge in [-0.05, 0) is 18.2 Å². The SMILES string of the molecule is CCc1nc(C(=O)Nc2cccc(C(=O)NC)c2)n[nH]1. The van der Waals surface area contributed by atoms with Crippen LogP contribution in [0.3, 0.4) is 0 Å². The molecule has 2 aromatic rings. The normalized spacial score (nSPS) is 10.1. The lowest BCUT2D eigenvalue weighted by atomic mass is 10.2. The molecule has 104 valence electrons. The van der Waals surface area contributed by atoms with E-state index in [9.17, 15) is 9.59 Å². The van der Waals surface area contributed by atoms with Crippen molar-refractivity contribution in [1.29, 1.82) is 0 Å². The Morgan fingerprint density at radius 1 is 1.30 bits per heavy atom. The molecule has 2 rings (SSSR count). The van der Waals surface area contributed by atoms with Crippen LogP contribution in [0.1, 0.15) is 33.7 Å². The average molecular weight is 273 g/mol. The third-order valence-corrected chi connectivity index (χ3v) is 2.68. The number of aryl methyl sites for hydroxylation is 1. The summed E-state index contributed by atoms with van der Waals surface area (Å²) in [6.45, 7) is 1.91. The molecule has 0 aliphatic carbocycles. The molecule has 7 nitrogen and oxygen atoms in total. The van der Waals surface area contributed by atoms with Crippen LogP contribution in [0, 0.1) is 0 Å². The highest BCUT2D eigenvalue weighted by Gasteiger charge is 2.13. The number of amides is 2. The van der Waals surface area contributed by atoms with Gasteiger partial charge in [-0.15, -0.1) is 5.10 Å². The Morgan fingerprint density at radius 3 is 2.75 bits per heavy atom. The number of nitrogens with zero attached hydrogens (tertiary/aromatic N) is 2. The zero-order valence-corrected chi connectivity index (χ0v) is 11.2. The molecule has 2 amide bonds. The van der Waals surface area contributed by atoms with Crippen LogP contribution < -0.4 is 10.6 Å². The van der Waals surface area contributed by atoms with Crippen molar-refractivity contribution in [1.82, 2.24) is 20.5 Å². The van der Waals surface area contributed by atoms with E-state index in [1.165, 1.54) is 0 Å². The first-order valence-corrected chi connectivity index (χ1v) is 6.18. The Balaban J connectivity index is 2.13. The number of hydrogen-bond donors (Lipinski definition) is 3. The molecule has 0 saturated heterocycles. The second-order valence-corrected chi connectivity index (χ2v) is 4.07. The number of hydrogen-bond acceptors (Lipinski definition) is 4. The summed E-state index contributed by atoms with van der Waals surface area (Å²) in [6.07, 6.45) is 0.673. The maximum absolute atomic E-state index is 11.9. The van der Waals surface area contributed by atoms with E-state index in [-0.39, 0.29) is 11.7 Å². The van der Waals surface area contributed by atoms with E-state index in [4.69, 9.17) is 0 Å². The van der Waals surface area contributed by atoms with Gasteiger partial charge < -0.3 is 10.6 Å². The molecule has 3 N–H and O–H groups in total. The molecule has 1 aromatic carbocycles. The van der Waals surface area contributed by atoms with E-state index < -0.39 is 5.91 Å². The van der Waals surface area contributed by atoms with Gasteiger partial charge in [-0.1, -0.05) is 13.0 Å². The highest BCUT2D eigenvalue weighted by atomic mass is 16.2. The number of benzene rings is 1. The number of nitrogens with one attached hydrogen (secondary N) is 3. The highest BCUT2D eigenvalue weighted by Crippen LogP contribution is 2.11. The van der Waals surface area contributed by atoms with Crippen molar-refractivity contribution in [2.75, 3.05) is 12.4 Å². The van der Waals surface area contributed by atoms with Gasteiger partial charge in [0.05, 0.1) is 0 Å². The van der Waals surface area contributed by atoms with E-state index in [2.05, 4.69) is 25.8 Å². The third-order valence-electron chi connectivity index (χ3n) is 2.68. The minimum Gasteiger partial charge on any atom is -0.355 e. The Labute approximate surface area is 115 Å². The monoisotopic (exact) mass is 273 g/mol. The quantitative estimate of drug-likeness (QED) is 0.773. The van der Waals surface area contributed by atoms with Crippen molar-refractivity contribution in [2.24, 2.45) is 0 Å². The smallest absolute Gasteiger partial charge is 0.295 e. The fourth-order valence-corrected chi connectivity index (χ4v) is 1.62. The van der Waals surface area contributed by atoms with Crippen LogP contribution >= 0.6 is 0 Å². The first-order valence-electron chi connectivity index (χ1n) is 6.18. The predicted molar refractivity (Wildman–Crippen MR) is 73.5 cm³/mol. The lowest BCUT2D eigenvalue weighted by Crippen LogP contribution is -2.18. The molecule has 0 aliphatic heterocycles. The Kier molecular flexibility index (Phi) is 4.09. The molecule has 7 heteroatoms. The Bertz CT molecular complexity index is 635. The molecular weight excluding hydrogens is 258 g/mol. The summed E-state index contributed by atoms with van der Waals surface area (Å²) in [5.74, 6) is 0.0868. The largest absolute Gasteiger partial charge is 0.355 e. The molecule has 1 aromatic heterocycles. The Morgan fingerprint density at radius 2 is 2.10 bits per heavy atom. The molecular formula is C13H15N5O2. The Hall–Kier alpha value is -2.70. The van der Waals surface area contributed by atoms with Gasteiger partial charge in [0.2, 0.25) is 5.82 Å². The van der Waals surface area contributed by atoms with Crippen molar-refractivity contribution in [3.05, 3.63) is 41.5 Å². The highest BCUT2D eigenvalue weighted by molar-refractivity contribution is 6.02. The topological polar surface area (TPSA) is 99.8 Å². The van der Waals surface area contributed by atoms with Crippen molar-refractivity contribution in [3.8, 4) is 0 Å². The van der Waals surface area contributed by atoms with Gasteiger partial charge in [-0.25, -0.2) is 4.98 Å². The number of anilines is 1. The summed E-state index contributed by atoms with van der Waals surface area (Å²) < 4.78 is 0. The molecule has 0 spiro atoms. The minimum atomic E-state index is -0.421. The number of carbonyl (C=O) groups is 2. The fourth-order valence-electron chi connectivity index (χ4n) is 1.62. The van der Waals surface area contributed by atoms with Gasteiger partial charge in [0.1, 0.15) is 5.82 Å². The van der Waals surface area contributed by atoms with Crippen LogP contribution in [-0.2, 0) is 6.42 Å². The number of aromatic nitrogens is 3. The summed E-state index contributed by atoms with van der Waals surface area (Å²) in [6, 6.07) is 6.63. The summed E-state index contributed by atoms with van der Waals surface area (Å²) in [4.78, 5) is 27.5. The molecule has 0 saturated carbocycles. The fraction of sp³-hybridized carbons (Fsp3) is 0.231. The zero-order valence-electron chi connectivity index (χ0n) is 11.2. The summed E-state index contributed by atoms with van der Waals surface area (Å²) >= 11 is 0. The molecule has 20 heavy (non-hydrogen) atoms. The van der Waals surface area contributed by atoms with Crippen molar-refractivity contribution >= 4 is 17.5 Å². The summed E-state index contributed by atoms with van der Waals surface area (Å²) in [5, 5.41) is 11.7. The minimum absolute atomic E-state index is 0.0761. The van der Waals surface area contributed by atoms with Gasteiger partial charge in [0, 0.05) is 24.7 Å². The molecule has 0 atom stereocenters. The molecule has 0 aliphatic rings. The third kappa shape index (κ3) is 3.00.